The Kier molecular flexibility index (Phi) is 6.21. The highest BCUT2D eigenvalue weighted by atomic mass is 16.5. The summed E-state index contributed by atoms with van der Waals surface area (Å²) >= 11 is 0. The lowest BCUT2D eigenvalue weighted by atomic mass is 10.0. The van der Waals surface area contributed by atoms with E-state index in [0.29, 0.717) is 31.7 Å². The summed E-state index contributed by atoms with van der Waals surface area (Å²) in [6, 6.07) is 13.5. The molecule has 0 bridgehead atoms. The van der Waals surface area contributed by atoms with Crippen molar-refractivity contribution in [1.29, 1.82) is 0 Å². The van der Waals surface area contributed by atoms with Gasteiger partial charge in [0.05, 0.1) is 19.3 Å². The molecule has 1 saturated heterocycles. The highest BCUT2D eigenvalue weighted by Gasteiger charge is 2.30. The van der Waals surface area contributed by atoms with Gasteiger partial charge in [0, 0.05) is 31.5 Å². The molecule has 6 nitrogen and oxygen atoms in total. The average molecular weight is 408 g/mol. The average Bonchev–Trinajstić information content (AvgIpc) is 3.13. The van der Waals surface area contributed by atoms with Gasteiger partial charge in [-0.2, -0.15) is 0 Å². The van der Waals surface area contributed by atoms with Crippen LogP contribution in [0.1, 0.15) is 53.2 Å². The van der Waals surface area contributed by atoms with Crippen LogP contribution in [0.5, 0.6) is 11.5 Å². The van der Waals surface area contributed by atoms with Crippen LogP contribution in [0.4, 0.5) is 0 Å². The number of nitrogens with zero attached hydrogens (tertiary/aromatic N) is 1. The van der Waals surface area contributed by atoms with Crippen molar-refractivity contribution in [2.24, 2.45) is 0 Å². The van der Waals surface area contributed by atoms with E-state index in [1.54, 1.807) is 6.07 Å². The third-order valence-electron chi connectivity index (χ3n) is 5.74. The van der Waals surface area contributed by atoms with Crippen molar-refractivity contribution < 1.29 is 19.1 Å². The van der Waals surface area contributed by atoms with Crippen LogP contribution in [-0.4, -0.2) is 43.0 Å². The normalized spacial score (nSPS) is 18.0. The number of carbonyl (C=O) groups is 2. The number of carbonyl (C=O) groups excluding carboxylic acids is 2. The Balaban J connectivity index is 1.36. The number of hydrogen-bond acceptors (Lipinski definition) is 4. The van der Waals surface area contributed by atoms with Gasteiger partial charge in [0.2, 0.25) is 5.91 Å². The second kappa shape index (κ2) is 9.20. The zero-order valence-electron chi connectivity index (χ0n) is 17.4. The van der Waals surface area contributed by atoms with E-state index in [4.69, 9.17) is 9.47 Å². The number of aryl methyl sites for hydroxylation is 1. The summed E-state index contributed by atoms with van der Waals surface area (Å²) in [4.78, 5) is 27.2. The molecule has 1 unspecified atom stereocenters. The maximum absolute atomic E-state index is 12.9. The molecule has 2 aromatic carbocycles. The van der Waals surface area contributed by atoms with E-state index in [2.05, 4.69) is 5.32 Å². The van der Waals surface area contributed by atoms with Crippen molar-refractivity contribution in [3.05, 3.63) is 59.2 Å². The van der Waals surface area contributed by atoms with E-state index in [1.807, 2.05) is 48.2 Å². The second-order valence-corrected chi connectivity index (χ2v) is 7.82. The topological polar surface area (TPSA) is 67.9 Å². The minimum atomic E-state index is -0.137. The molecule has 2 aromatic rings. The van der Waals surface area contributed by atoms with Crippen LogP contribution in [0.2, 0.25) is 0 Å². The fraction of sp³-hybridized carbons (Fsp3) is 0.417. The van der Waals surface area contributed by atoms with Crippen molar-refractivity contribution in [1.82, 2.24) is 10.2 Å². The number of fused-ring (bicyclic) bond motifs is 1. The molecule has 1 fully saturated rings. The van der Waals surface area contributed by atoms with Gasteiger partial charge >= 0.3 is 0 Å². The summed E-state index contributed by atoms with van der Waals surface area (Å²) in [5, 5.41) is 2.87. The van der Waals surface area contributed by atoms with Gasteiger partial charge in [0.25, 0.3) is 5.91 Å². The van der Waals surface area contributed by atoms with Gasteiger partial charge in [-0.3, -0.25) is 9.59 Å². The van der Waals surface area contributed by atoms with E-state index in [1.165, 1.54) is 0 Å². The molecule has 30 heavy (non-hydrogen) atoms. The quantitative estimate of drug-likeness (QED) is 0.820. The van der Waals surface area contributed by atoms with Gasteiger partial charge in [-0.15, -0.1) is 0 Å². The van der Waals surface area contributed by atoms with Gasteiger partial charge in [-0.25, -0.2) is 0 Å². The molecular weight excluding hydrogens is 380 g/mol. The van der Waals surface area contributed by atoms with Gasteiger partial charge in [-0.05, 0) is 49.1 Å². The second-order valence-electron chi connectivity index (χ2n) is 7.82. The molecular formula is C24H28N2O4. The molecule has 158 valence electrons. The fourth-order valence-corrected chi connectivity index (χ4v) is 4.15. The Morgan fingerprint density at radius 2 is 1.87 bits per heavy atom. The van der Waals surface area contributed by atoms with Crippen LogP contribution in [0.25, 0.3) is 0 Å². The maximum atomic E-state index is 12.9. The van der Waals surface area contributed by atoms with Gasteiger partial charge < -0.3 is 19.7 Å². The first kappa shape index (κ1) is 20.3. The molecule has 2 aliphatic heterocycles. The third-order valence-corrected chi connectivity index (χ3v) is 5.74. The van der Waals surface area contributed by atoms with Crippen molar-refractivity contribution in [2.45, 2.75) is 38.6 Å². The monoisotopic (exact) mass is 408 g/mol. The minimum Gasteiger partial charge on any atom is -0.490 e. The Bertz CT molecular complexity index is 927. The zero-order valence-corrected chi connectivity index (χ0v) is 17.4. The lowest BCUT2D eigenvalue weighted by molar-refractivity contribution is -0.132. The van der Waals surface area contributed by atoms with Gasteiger partial charge in [-0.1, -0.05) is 24.3 Å². The summed E-state index contributed by atoms with van der Waals surface area (Å²) in [7, 11) is 0. The Labute approximate surface area is 177 Å². The molecule has 0 saturated carbocycles. The summed E-state index contributed by atoms with van der Waals surface area (Å²) in [6.45, 7) is 4.28. The first-order valence-corrected chi connectivity index (χ1v) is 10.7. The minimum absolute atomic E-state index is 0.0433. The number of ether oxygens (including phenoxy) is 2. The highest BCUT2D eigenvalue weighted by molar-refractivity contribution is 5.95. The molecule has 0 spiro atoms. The largest absolute Gasteiger partial charge is 0.490 e. The molecule has 4 rings (SSSR count). The van der Waals surface area contributed by atoms with E-state index in [-0.39, 0.29) is 17.9 Å². The van der Waals surface area contributed by atoms with E-state index < -0.39 is 0 Å². The van der Waals surface area contributed by atoms with Crippen LogP contribution in [0, 0.1) is 6.92 Å². The SMILES string of the molecule is Cc1ccccc1C(=O)NCCC(=O)N1CCCC1c1ccc2c(c1)OCCCO2. The number of rotatable bonds is 5. The number of hydrogen-bond donors (Lipinski definition) is 1. The van der Waals surface area contributed by atoms with Crippen LogP contribution in [-0.2, 0) is 4.79 Å². The van der Waals surface area contributed by atoms with Crippen LogP contribution >= 0.6 is 0 Å². The number of nitrogens with one attached hydrogen (secondary N) is 1. The fourth-order valence-electron chi connectivity index (χ4n) is 4.15. The first-order chi connectivity index (χ1) is 14.6. The molecule has 2 heterocycles. The Hall–Kier alpha value is -3.02. The number of amides is 2. The van der Waals surface area contributed by atoms with Crippen LogP contribution in [0.15, 0.2) is 42.5 Å². The highest BCUT2D eigenvalue weighted by Crippen LogP contribution is 2.38. The molecule has 1 N–H and O–H groups in total. The Morgan fingerprint density at radius 1 is 1.07 bits per heavy atom. The predicted molar refractivity (Wildman–Crippen MR) is 114 cm³/mol. The van der Waals surface area contributed by atoms with Gasteiger partial charge in [0.15, 0.2) is 11.5 Å². The van der Waals surface area contributed by atoms with Crippen molar-refractivity contribution in [3.63, 3.8) is 0 Å². The molecule has 2 amide bonds. The summed E-state index contributed by atoms with van der Waals surface area (Å²) in [5.41, 5.74) is 2.65. The smallest absolute Gasteiger partial charge is 0.251 e. The molecule has 0 aliphatic carbocycles. The zero-order chi connectivity index (χ0) is 20.9. The van der Waals surface area contributed by atoms with Crippen LogP contribution < -0.4 is 14.8 Å². The third kappa shape index (κ3) is 4.42. The first-order valence-electron chi connectivity index (χ1n) is 10.7. The molecule has 1 atom stereocenters. The van der Waals surface area contributed by atoms with E-state index in [0.717, 1.165) is 48.4 Å². The lowest BCUT2D eigenvalue weighted by Crippen LogP contribution is -2.34. The molecule has 0 aromatic heterocycles. The number of benzene rings is 2. The van der Waals surface area contributed by atoms with Crippen molar-refractivity contribution in [3.8, 4) is 11.5 Å². The standard InChI is InChI=1S/C24H28N2O4/c1-17-6-2-3-7-19(17)24(28)25-12-11-23(27)26-13-4-8-20(26)18-9-10-21-22(16-18)30-15-5-14-29-21/h2-3,6-7,9-10,16,20H,4-5,8,11-15H2,1H3,(H,25,28). The molecule has 6 heteroatoms. The maximum Gasteiger partial charge on any atom is 0.251 e. The molecule has 2 aliphatic rings. The van der Waals surface area contributed by atoms with E-state index in [9.17, 15) is 9.59 Å². The summed E-state index contributed by atoms with van der Waals surface area (Å²) in [6.07, 6.45) is 3.06. The lowest BCUT2D eigenvalue weighted by Gasteiger charge is -2.26. The number of likely N-dealkylation sites (tertiary alicyclic amines) is 1. The van der Waals surface area contributed by atoms with Crippen LogP contribution in [0.3, 0.4) is 0 Å². The predicted octanol–water partition coefficient (Wildman–Crippen LogP) is 3.64. The summed E-state index contributed by atoms with van der Waals surface area (Å²) in [5.74, 6) is 1.46. The van der Waals surface area contributed by atoms with E-state index >= 15 is 0 Å². The summed E-state index contributed by atoms with van der Waals surface area (Å²) < 4.78 is 11.5. The van der Waals surface area contributed by atoms with Gasteiger partial charge in [0.1, 0.15) is 0 Å². The van der Waals surface area contributed by atoms with Crippen molar-refractivity contribution in [2.75, 3.05) is 26.3 Å². The Morgan fingerprint density at radius 3 is 2.70 bits per heavy atom. The molecule has 0 radical (unpaired) electrons. The van der Waals surface area contributed by atoms with Crippen molar-refractivity contribution >= 4 is 11.8 Å².